The monoisotopic (exact) mass is 537 g/mol. The molecule has 2 aromatic carbocycles. The molecule has 8 heteroatoms. The van der Waals surface area contributed by atoms with Crippen molar-refractivity contribution in [3.05, 3.63) is 59.7 Å². The zero-order valence-electron chi connectivity index (χ0n) is 18.4. The van der Waals surface area contributed by atoms with Crippen LogP contribution in [0.4, 0.5) is 5.69 Å². The van der Waals surface area contributed by atoms with Gasteiger partial charge in [0.25, 0.3) is 5.91 Å². The first kappa shape index (κ1) is 24.8. The van der Waals surface area contributed by atoms with Crippen molar-refractivity contribution in [2.45, 2.75) is 6.92 Å². The van der Waals surface area contributed by atoms with E-state index >= 15 is 0 Å². The summed E-state index contributed by atoms with van der Waals surface area (Å²) in [6.45, 7) is 6.74. The summed E-state index contributed by atoms with van der Waals surface area (Å²) in [5.74, 6) is 1.69. The van der Waals surface area contributed by atoms with Crippen molar-refractivity contribution in [2.75, 3.05) is 58.3 Å². The van der Waals surface area contributed by atoms with E-state index in [9.17, 15) is 4.79 Å². The van der Waals surface area contributed by atoms with Crippen molar-refractivity contribution < 1.29 is 9.53 Å². The van der Waals surface area contributed by atoms with Crippen LogP contribution < -0.4 is 20.3 Å². The van der Waals surface area contributed by atoms with Crippen LogP contribution >= 0.6 is 24.0 Å². The van der Waals surface area contributed by atoms with E-state index in [1.165, 1.54) is 5.69 Å². The van der Waals surface area contributed by atoms with Crippen LogP contribution in [0.5, 0.6) is 5.75 Å². The van der Waals surface area contributed by atoms with E-state index in [0.29, 0.717) is 18.7 Å². The molecule has 1 heterocycles. The standard InChI is InChI=1S/C23H31N5O2.HI/c1-18-6-4-7-19(16-18)22(29)25-10-11-26-23(24-2)28-14-12-27(13-15-28)20-8-5-9-21(17-20)30-3;/h4-9,16-17H,10-15H2,1-3H3,(H,24,26)(H,25,29);1H. The van der Waals surface area contributed by atoms with Crippen LogP contribution in [-0.4, -0.2) is 70.2 Å². The molecule has 2 aromatic rings. The Morgan fingerprint density at radius 1 is 1.03 bits per heavy atom. The van der Waals surface area contributed by atoms with E-state index in [-0.39, 0.29) is 29.9 Å². The number of amides is 1. The zero-order chi connectivity index (χ0) is 21.3. The first-order chi connectivity index (χ1) is 14.6. The van der Waals surface area contributed by atoms with Gasteiger partial charge >= 0.3 is 0 Å². The molecule has 0 spiro atoms. The SMILES string of the molecule is CN=C(NCCNC(=O)c1cccc(C)c1)N1CCN(c2cccc(OC)c2)CC1.I. The Balaban J connectivity index is 0.00000341. The maximum atomic E-state index is 12.2. The molecule has 1 amide bonds. The van der Waals surface area contributed by atoms with Gasteiger partial charge in [-0.15, -0.1) is 24.0 Å². The molecule has 3 rings (SSSR count). The van der Waals surface area contributed by atoms with Crippen LogP contribution in [0.2, 0.25) is 0 Å². The normalized spacial score (nSPS) is 14.0. The van der Waals surface area contributed by atoms with Gasteiger partial charge in [-0.1, -0.05) is 23.8 Å². The Hall–Kier alpha value is -2.49. The molecular weight excluding hydrogens is 505 g/mol. The number of anilines is 1. The third kappa shape index (κ3) is 7.02. The van der Waals surface area contributed by atoms with Crippen molar-refractivity contribution in [1.82, 2.24) is 15.5 Å². The second kappa shape index (κ2) is 12.4. The molecule has 0 atom stereocenters. The number of hydrogen-bond acceptors (Lipinski definition) is 4. The number of guanidine groups is 1. The highest BCUT2D eigenvalue weighted by atomic mass is 127. The van der Waals surface area contributed by atoms with E-state index in [0.717, 1.165) is 43.5 Å². The Bertz CT molecular complexity index is 882. The van der Waals surface area contributed by atoms with Crippen molar-refractivity contribution >= 4 is 41.5 Å². The molecule has 0 aliphatic carbocycles. The number of ether oxygens (including phenoxy) is 1. The van der Waals surface area contributed by atoms with Gasteiger partial charge in [-0.05, 0) is 31.2 Å². The Kier molecular flexibility index (Phi) is 9.90. The summed E-state index contributed by atoms with van der Waals surface area (Å²) in [5, 5.41) is 6.31. The second-order valence-corrected chi connectivity index (χ2v) is 7.27. The number of piperazine rings is 1. The molecule has 0 bridgehead atoms. The van der Waals surface area contributed by atoms with Gasteiger partial charge in [0, 0.05) is 63.6 Å². The number of nitrogens with one attached hydrogen (secondary N) is 2. The molecule has 7 nitrogen and oxygen atoms in total. The van der Waals surface area contributed by atoms with Crippen molar-refractivity contribution in [2.24, 2.45) is 4.99 Å². The highest BCUT2D eigenvalue weighted by Crippen LogP contribution is 2.22. The number of carbonyl (C=O) groups is 1. The summed E-state index contributed by atoms with van der Waals surface area (Å²) in [4.78, 5) is 21.2. The maximum absolute atomic E-state index is 12.2. The van der Waals surface area contributed by atoms with Crippen LogP contribution in [0.25, 0.3) is 0 Å². The van der Waals surface area contributed by atoms with Gasteiger partial charge in [0.05, 0.1) is 7.11 Å². The van der Waals surface area contributed by atoms with Crippen LogP contribution in [-0.2, 0) is 0 Å². The van der Waals surface area contributed by atoms with Gasteiger partial charge < -0.3 is 25.2 Å². The highest BCUT2D eigenvalue weighted by Gasteiger charge is 2.20. The second-order valence-electron chi connectivity index (χ2n) is 7.27. The lowest BCUT2D eigenvalue weighted by Gasteiger charge is -2.37. The largest absolute Gasteiger partial charge is 0.497 e. The molecule has 1 aliphatic rings. The molecule has 0 radical (unpaired) electrons. The zero-order valence-corrected chi connectivity index (χ0v) is 20.8. The maximum Gasteiger partial charge on any atom is 0.251 e. The van der Waals surface area contributed by atoms with Gasteiger partial charge in [-0.25, -0.2) is 0 Å². The number of methoxy groups -OCH3 is 1. The van der Waals surface area contributed by atoms with Crippen molar-refractivity contribution in [1.29, 1.82) is 0 Å². The smallest absolute Gasteiger partial charge is 0.251 e. The van der Waals surface area contributed by atoms with Gasteiger partial charge in [0.15, 0.2) is 5.96 Å². The summed E-state index contributed by atoms with van der Waals surface area (Å²) in [6.07, 6.45) is 0. The third-order valence-electron chi connectivity index (χ3n) is 5.18. The number of nitrogens with zero attached hydrogens (tertiary/aromatic N) is 3. The summed E-state index contributed by atoms with van der Waals surface area (Å²) >= 11 is 0. The van der Waals surface area contributed by atoms with E-state index in [1.807, 2.05) is 43.3 Å². The van der Waals surface area contributed by atoms with Gasteiger partial charge in [0.1, 0.15) is 5.75 Å². The van der Waals surface area contributed by atoms with Gasteiger partial charge in [-0.3, -0.25) is 9.79 Å². The van der Waals surface area contributed by atoms with Crippen LogP contribution in [0, 0.1) is 6.92 Å². The predicted octanol–water partition coefficient (Wildman–Crippen LogP) is 2.75. The molecule has 168 valence electrons. The average molecular weight is 537 g/mol. The molecule has 0 unspecified atom stereocenters. The summed E-state index contributed by atoms with van der Waals surface area (Å²) in [6, 6.07) is 15.8. The summed E-state index contributed by atoms with van der Waals surface area (Å²) in [7, 11) is 3.48. The van der Waals surface area contributed by atoms with E-state index in [1.54, 1.807) is 14.2 Å². The number of aliphatic imine (C=N–C) groups is 1. The van der Waals surface area contributed by atoms with E-state index < -0.39 is 0 Å². The number of halogens is 1. The fourth-order valence-electron chi connectivity index (χ4n) is 3.55. The number of aryl methyl sites for hydroxylation is 1. The fourth-order valence-corrected chi connectivity index (χ4v) is 3.55. The Labute approximate surface area is 201 Å². The Morgan fingerprint density at radius 2 is 1.74 bits per heavy atom. The average Bonchev–Trinajstić information content (AvgIpc) is 2.79. The van der Waals surface area contributed by atoms with Crippen LogP contribution in [0.1, 0.15) is 15.9 Å². The first-order valence-electron chi connectivity index (χ1n) is 10.3. The quantitative estimate of drug-likeness (QED) is 0.257. The van der Waals surface area contributed by atoms with Crippen LogP contribution in [0.15, 0.2) is 53.5 Å². The van der Waals surface area contributed by atoms with Crippen molar-refractivity contribution in [3.63, 3.8) is 0 Å². The van der Waals surface area contributed by atoms with Crippen molar-refractivity contribution in [3.8, 4) is 5.75 Å². The molecule has 0 aromatic heterocycles. The summed E-state index contributed by atoms with van der Waals surface area (Å²) < 4.78 is 5.33. The van der Waals surface area contributed by atoms with Gasteiger partial charge in [-0.2, -0.15) is 0 Å². The predicted molar refractivity (Wildman–Crippen MR) is 137 cm³/mol. The minimum atomic E-state index is -0.0533. The fraction of sp³-hybridized carbons (Fsp3) is 0.391. The summed E-state index contributed by atoms with van der Waals surface area (Å²) in [5.41, 5.74) is 2.94. The lowest BCUT2D eigenvalue weighted by molar-refractivity contribution is 0.0954. The molecular formula is C23H32IN5O2. The lowest BCUT2D eigenvalue weighted by Crippen LogP contribution is -2.53. The topological polar surface area (TPSA) is 69.2 Å². The van der Waals surface area contributed by atoms with E-state index in [4.69, 9.17) is 4.74 Å². The number of hydrogen-bond donors (Lipinski definition) is 2. The molecule has 1 aliphatic heterocycles. The first-order valence-corrected chi connectivity index (χ1v) is 10.3. The minimum Gasteiger partial charge on any atom is -0.497 e. The lowest BCUT2D eigenvalue weighted by atomic mass is 10.1. The number of rotatable bonds is 6. The van der Waals surface area contributed by atoms with Crippen LogP contribution in [0.3, 0.4) is 0 Å². The molecule has 0 saturated carbocycles. The minimum absolute atomic E-state index is 0. The molecule has 1 fully saturated rings. The Morgan fingerprint density at radius 3 is 2.42 bits per heavy atom. The number of carbonyl (C=O) groups excluding carboxylic acids is 1. The molecule has 31 heavy (non-hydrogen) atoms. The molecule has 1 saturated heterocycles. The third-order valence-corrected chi connectivity index (χ3v) is 5.18. The molecule has 2 N–H and O–H groups in total. The highest BCUT2D eigenvalue weighted by molar-refractivity contribution is 14.0. The van der Waals surface area contributed by atoms with E-state index in [2.05, 4.69) is 37.6 Å². The number of benzene rings is 2. The van der Waals surface area contributed by atoms with Gasteiger partial charge in [0.2, 0.25) is 0 Å².